The molecule has 4 aromatic rings. The lowest BCUT2D eigenvalue weighted by atomic mass is 10.2. The first-order valence-corrected chi connectivity index (χ1v) is 8.48. The Morgan fingerprint density at radius 1 is 1.07 bits per heavy atom. The molecule has 0 aliphatic carbocycles. The molecule has 0 aliphatic heterocycles. The first-order chi connectivity index (χ1) is 13.7. The number of benzene rings is 2. The van der Waals surface area contributed by atoms with Crippen molar-refractivity contribution in [2.45, 2.75) is 0 Å². The molecule has 142 valence electrons. The second kappa shape index (κ2) is 7.07. The Hall–Kier alpha value is -3.81. The van der Waals surface area contributed by atoms with Crippen molar-refractivity contribution in [3.8, 4) is 17.2 Å². The van der Waals surface area contributed by atoms with Gasteiger partial charge in [0.05, 0.1) is 33.1 Å². The Bertz CT molecular complexity index is 1230. The number of hydrogen-bond donors (Lipinski definition) is 1. The quantitative estimate of drug-likeness (QED) is 0.539. The maximum atomic E-state index is 12.6. The topological polar surface area (TPSA) is 90.7 Å². The van der Waals surface area contributed by atoms with Crippen molar-refractivity contribution in [3.05, 3.63) is 58.5 Å². The molecule has 28 heavy (non-hydrogen) atoms. The number of aromatic nitrogens is 3. The van der Waals surface area contributed by atoms with E-state index in [0.29, 0.717) is 33.8 Å². The minimum absolute atomic E-state index is 0.133. The molecule has 8 heteroatoms. The normalized spacial score (nSPS) is 11.4. The highest BCUT2D eigenvalue weighted by atomic mass is 16.5. The van der Waals surface area contributed by atoms with Crippen LogP contribution in [-0.2, 0) is 0 Å². The fraction of sp³-hybridized carbons (Fsp3) is 0.150. The first-order valence-electron chi connectivity index (χ1n) is 8.48. The van der Waals surface area contributed by atoms with Gasteiger partial charge in [-0.15, -0.1) is 0 Å². The van der Waals surface area contributed by atoms with E-state index in [2.05, 4.69) is 15.1 Å². The second-order valence-corrected chi connectivity index (χ2v) is 5.99. The van der Waals surface area contributed by atoms with Gasteiger partial charge < -0.3 is 19.2 Å². The minimum Gasteiger partial charge on any atom is -0.493 e. The smallest absolute Gasteiger partial charge is 0.217 e. The molecule has 2 aromatic carbocycles. The van der Waals surface area contributed by atoms with E-state index in [9.17, 15) is 4.79 Å². The predicted octanol–water partition coefficient (Wildman–Crippen LogP) is 2.79. The van der Waals surface area contributed by atoms with Gasteiger partial charge in [-0.1, -0.05) is 12.1 Å². The van der Waals surface area contributed by atoms with Crippen LogP contribution in [0.25, 0.3) is 22.1 Å². The van der Waals surface area contributed by atoms with Gasteiger partial charge in [-0.3, -0.25) is 4.79 Å². The predicted molar refractivity (Wildman–Crippen MR) is 107 cm³/mol. The molecule has 2 heterocycles. The maximum Gasteiger partial charge on any atom is 0.217 e. The van der Waals surface area contributed by atoms with Gasteiger partial charge in [-0.05, 0) is 24.3 Å². The third-order valence-corrected chi connectivity index (χ3v) is 4.41. The van der Waals surface area contributed by atoms with Gasteiger partial charge in [0.2, 0.25) is 11.2 Å². The molecule has 0 atom stereocenters. The molecule has 0 amide bonds. The molecule has 2 aromatic heterocycles. The summed E-state index contributed by atoms with van der Waals surface area (Å²) in [6.07, 6.45) is 3.12. The third-order valence-electron chi connectivity index (χ3n) is 4.41. The summed E-state index contributed by atoms with van der Waals surface area (Å²) in [5.41, 5.74) is 2.18. The SMILES string of the molecule is COc1cc(C=Nn2cnc3c(=O)c4ccccc4[nH]c32)cc(OC)c1OC. The number of aromatic amines is 1. The number of hydrogen-bond acceptors (Lipinski definition) is 6. The van der Waals surface area contributed by atoms with Gasteiger partial charge in [0, 0.05) is 10.9 Å². The van der Waals surface area contributed by atoms with E-state index in [-0.39, 0.29) is 5.43 Å². The van der Waals surface area contributed by atoms with Gasteiger partial charge in [0.25, 0.3) is 0 Å². The Morgan fingerprint density at radius 3 is 2.46 bits per heavy atom. The molecular formula is C20H18N4O4. The number of imidazole rings is 1. The summed E-state index contributed by atoms with van der Waals surface area (Å²) in [6, 6.07) is 10.9. The van der Waals surface area contributed by atoms with Crippen LogP contribution in [0.5, 0.6) is 17.2 Å². The number of H-pyrrole nitrogens is 1. The van der Waals surface area contributed by atoms with Crippen molar-refractivity contribution < 1.29 is 14.2 Å². The van der Waals surface area contributed by atoms with Crippen LogP contribution >= 0.6 is 0 Å². The maximum absolute atomic E-state index is 12.6. The van der Waals surface area contributed by atoms with Crippen molar-refractivity contribution in [2.24, 2.45) is 5.10 Å². The lowest BCUT2D eigenvalue weighted by Crippen LogP contribution is -2.04. The third kappa shape index (κ3) is 2.84. The number of nitrogens with zero attached hydrogens (tertiary/aromatic N) is 3. The molecule has 0 fully saturated rings. The summed E-state index contributed by atoms with van der Waals surface area (Å²) >= 11 is 0. The van der Waals surface area contributed by atoms with E-state index in [0.717, 1.165) is 11.1 Å². The van der Waals surface area contributed by atoms with Crippen LogP contribution < -0.4 is 19.6 Å². The zero-order valence-corrected chi connectivity index (χ0v) is 15.6. The van der Waals surface area contributed by atoms with Crippen LogP contribution in [0, 0.1) is 0 Å². The lowest BCUT2D eigenvalue weighted by Gasteiger charge is -2.12. The van der Waals surface area contributed by atoms with Gasteiger partial charge in [0.15, 0.2) is 22.7 Å². The number of para-hydroxylation sites is 1. The highest BCUT2D eigenvalue weighted by molar-refractivity contribution is 5.89. The van der Waals surface area contributed by atoms with Crippen LogP contribution in [0.3, 0.4) is 0 Å². The average molecular weight is 378 g/mol. The standard InChI is InChI=1S/C20H18N4O4/c1-26-15-8-12(9-16(27-2)19(15)28-3)10-22-24-11-21-17-18(25)13-6-4-5-7-14(13)23-20(17)24/h4-11H,1-3H3,(H,23,25). The second-order valence-electron chi connectivity index (χ2n) is 5.99. The molecule has 0 aliphatic rings. The minimum atomic E-state index is -0.133. The van der Waals surface area contributed by atoms with E-state index in [4.69, 9.17) is 14.2 Å². The molecule has 0 bridgehead atoms. The molecule has 1 N–H and O–H groups in total. The molecule has 8 nitrogen and oxygen atoms in total. The van der Waals surface area contributed by atoms with Gasteiger partial charge in [-0.2, -0.15) is 5.10 Å². The number of ether oxygens (including phenoxy) is 3. The zero-order valence-electron chi connectivity index (χ0n) is 15.6. The number of pyridine rings is 1. The molecule has 0 spiro atoms. The van der Waals surface area contributed by atoms with Gasteiger partial charge >= 0.3 is 0 Å². The summed E-state index contributed by atoms with van der Waals surface area (Å²) in [5.74, 6) is 1.56. The molecule has 4 rings (SSSR count). The average Bonchev–Trinajstić information content (AvgIpc) is 3.14. The number of fused-ring (bicyclic) bond motifs is 2. The fourth-order valence-corrected chi connectivity index (χ4v) is 3.06. The van der Waals surface area contributed by atoms with E-state index in [1.807, 2.05) is 18.2 Å². The van der Waals surface area contributed by atoms with E-state index < -0.39 is 0 Å². The zero-order chi connectivity index (χ0) is 19.7. The Morgan fingerprint density at radius 2 is 1.79 bits per heavy atom. The Balaban J connectivity index is 1.80. The number of methoxy groups -OCH3 is 3. The summed E-state index contributed by atoms with van der Waals surface area (Å²) in [6.45, 7) is 0. The molecule has 0 saturated heterocycles. The largest absolute Gasteiger partial charge is 0.493 e. The molecule has 0 unspecified atom stereocenters. The lowest BCUT2D eigenvalue weighted by molar-refractivity contribution is 0.324. The number of rotatable bonds is 5. The van der Waals surface area contributed by atoms with E-state index in [1.165, 1.54) is 11.0 Å². The molecule has 0 saturated carbocycles. The number of nitrogens with one attached hydrogen (secondary N) is 1. The highest BCUT2D eigenvalue weighted by Crippen LogP contribution is 2.37. The fourth-order valence-electron chi connectivity index (χ4n) is 3.06. The van der Waals surface area contributed by atoms with Crippen molar-refractivity contribution in [1.29, 1.82) is 0 Å². The highest BCUT2D eigenvalue weighted by Gasteiger charge is 2.13. The molecule has 0 radical (unpaired) electrons. The molecular weight excluding hydrogens is 360 g/mol. The van der Waals surface area contributed by atoms with Crippen LogP contribution in [-0.4, -0.2) is 42.2 Å². The van der Waals surface area contributed by atoms with Gasteiger partial charge in [0.1, 0.15) is 6.33 Å². The Kier molecular flexibility index (Phi) is 4.44. The monoisotopic (exact) mass is 378 g/mol. The summed E-state index contributed by atoms with van der Waals surface area (Å²) in [7, 11) is 4.65. The Labute approximate surface area is 160 Å². The van der Waals surface area contributed by atoms with E-state index >= 15 is 0 Å². The van der Waals surface area contributed by atoms with Crippen LogP contribution in [0.15, 0.2) is 52.6 Å². The van der Waals surface area contributed by atoms with Crippen molar-refractivity contribution in [3.63, 3.8) is 0 Å². The van der Waals surface area contributed by atoms with Crippen LogP contribution in [0.1, 0.15) is 5.56 Å². The summed E-state index contributed by atoms with van der Waals surface area (Å²) < 4.78 is 17.6. The first kappa shape index (κ1) is 17.6. The van der Waals surface area contributed by atoms with Crippen molar-refractivity contribution in [2.75, 3.05) is 21.3 Å². The van der Waals surface area contributed by atoms with Crippen molar-refractivity contribution in [1.82, 2.24) is 14.6 Å². The summed E-state index contributed by atoms with van der Waals surface area (Å²) in [4.78, 5) is 20.0. The summed E-state index contributed by atoms with van der Waals surface area (Å²) in [5, 5.41) is 5.02. The van der Waals surface area contributed by atoms with Crippen LogP contribution in [0.2, 0.25) is 0 Å². The van der Waals surface area contributed by atoms with Crippen molar-refractivity contribution >= 4 is 28.3 Å². The van der Waals surface area contributed by atoms with Gasteiger partial charge in [-0.25, -0.2) is 9.66 Å². The van der Waals surface area contributed by atoms with Crippen LogP contribution in [0.4, 0.5) is 0 Å². The van der Waals surface area contributed by atoms with E-state index in [1.54, 1.807) is 45.7 Å².